The highest BCUT2D eigenvalue weighted by molar-refractivity contribution is 4.90. The number of piperidine rings is 2. The van der Waals surface area contributed by atoms with Crippen LogP contribution in [0.4, 0.5) is 0 Å². The third-order valence-electron chi connectivity index (χ3n) is 8.86. The van der Waals surface area contributed by atoms with Crippen molar-refractivity contribution >= 4 is 0 Å². The highest BCUT2D eigenvalue weighted by atomic mass is 15.2. The van der Waals surface area contributed by atoms with Gasteiger partial charge >= 0.3 is 0 Å². The highest BCUT2D eigenvalue weighted by Crippen LogP contribution is 2.42. The molecule has 0 aromatic carbocycles. The van der Waals surface area contributed by atoms with E-state index in [0.29, 0.717) is 0 Å². The van der Waals surface area contributed by atoms with Crippen LogP contribution in [-0.4, -0.2) is 48.1 Å². The lowest BCUT2D eigenvalue weighted by atomic mass is 9.69. The molecule has 0 radical (unpaired) electrons. The predicted octanol–water partition coefficient (Wildman–Crippen LogP) is 5.42. The van der Waals surface area contributed by atoms with Crippen molar-refractivity contribution < 1.29 is 0 Å². The minimum absolute atomic E-state index is 0.747. The molecule has 2 heteroatoms. The van der Waals surface area contributed by atoms with Crippen LogP contribution in [0.5, 0.6) is 0 Å². The summed E-state index contributed by atoms with van der Waals surface area (Å²) in [6.45, 7) is 12.9. The fourth-order valence-corrected chi connectivity index (χ4v) is 7.09. The van der Waals surface area contributed by atoms with Gasteiger partial charge < -0.3 is 9.80 Å². The molecule has 0 aromatic heterocycles. The fraction of sp³-hybridized carbons (Fsp3) is 1.00. The first kappa shape index (κ1) is 19.2. The van der Waals surface area contributed by atoms with E-state index >= 15 is 0 Å². The van der Waals surface area contributed by atoms with Crippen molar-refractivity contribution in [2.75, 3.05) is 26.2 Å². The Morgan fingerprint density at radius 3 is 2.15 bits per heavy atom. The second-order valence-corrected chi connectivity index (χ2v) is 10.7. The molecular weight excluding hydrogens is 316 g/mol. The van der Waals surface area contributed by atoms with Crippen LogP contribution in [0.3, 0.4) is 0 Å². The Morgan fingerprint density at radius 2 is 1.35 bits per heavy atom. The van der Waals surface area contributed by atoms with E-state index in [-0.39, 0.29) is 0 Å². The van der Waals surface area contributed by atoms with Gasteiger partial charge in [-0.1, -0.05) is 25.7 Å². The third kappa shape index (κ3) is 4.32. The Kier molecular flexibility index (Phi) is 6.30. The second kappa shape index (κ2) is 8.52. The molecule has 2 aliphatic carbocycles. The number of hydrogen-bond acceptors (Lipinski definition) is 2. The van der Waals surface area contributed by atoms with E-state index in [1.807, 2.05) is 0 Å². The molecule has 26 heavy (non-hydrogen) atoms. The zero-order valence-corrected chi connectivity index (χ0v) is 17.8. The monoisotopic (exact) mass is 360 g/mol. The smallest absolute Gasteiger partial charge is 0.00696 e. The van der Waals surface area contributed by atoms with E-state index in [9.17, 15) is 0 Å². The maximum Gasteiger partial charge on any atom is 0.00696 e. The van der Waals surface area contributed by atoms with Crippen LogP contribution in [0, 0.1) is 29.6 Å². The van der Waals surface area contributed by atoms with E-state index in [2.05, 4.69) is 30.6 Å². The number of nitrogens with zero attached hydrogens (tertiary/aromatic N) is 2. The molecule has 0 amide bonds. The molecule has 0 N–H and O–H groups in total. The average molecular weight is 361 g/mol. The highest BCUT2D eigenvalue weighted by Gasteiger charge is 2.37. The van der Waals surface area contributed by atoms with Gasteiger partial charge in [0.15, 0.2) is 0 Å². The van der Waals surface area contributed by atoms with Crippen molar-refractivity contribution in [1.82, 2.24) is 9.80 Å². The summed E-state index contributed by atoms with van der Waals surface area (Å²) >= 11 is 0. The first-order valence-corrected chi connectivity index (χ1v) is 12.1. The summed E-state index contributed by atoms with van der Waals surface area (Å²) in [5, 5.41) is 0. The molecule has 2 aliphatic heterocycles. The van der Waals surface area contributed by atoms with Crippen LogP contribution in [0.15, 0.2) is 0 Å². The Balaban J connectivity index is 1.25. The van der Waals surface area contributed by atoms with Gasteiger partial charge in [0, 0.05) is 25.2 Å². The third-order valence-corrected chi connectivity index (χ3v) is 8.86. The summed E-state index contributed by atoms with van der Waals surface area (Å²) in [5.74, 6) is 5.18. The van der Waals surface area contributed by atoms with E-state index in [0.717, 1.165) is 41.7 Å². The Bertz CT molecular complexity index is 447. The molecule has 2 saturated carbocycles. The summed E-state index contributed by atoms with van der Waals surface area (Å²) in [5.41, 5.74) is 0. The predicted molar refractivity (Wildman–Crippen MR) is 111 cm³/mol. The average Bonchev–Trinajstić information content (AvgIpc) is 2.67. The van der Waals surface area contributed by atoms with Gasteiger partial charge in [-0.2, -0.15) is 0 Å². The van der Waals surface area contributed by atoms with E-state index in [1.54, 1.807) is 6.42 Å². The van der Waals surface area contributed by atoms with Crippen molar-refractivity contribution in [2.24, 2.45) is 29.6 Å². The molecule has 4 unspecified atom stereocenters. The summed E-state index contributed by atoms with van der Waals surface area (Å²) in [4.78, 5) is 5.62. The molecule has 0 spiro atoms. The second-order valence-electron chi connectivity index (χ2n) is 10.7. The van der Waals surface area contributed by atoms with Crippen LogP contribution in [-0.2, 0) is 0 Å². The number of hydrogen-bond donors (Lipinski definition) is 0. The van der Waals surface area contributed by atoms with Crippen molar-refractivity contribution in [1.29, 1.82) is 0 Å². The molecule has 2 heterocycles. The van der Waals surface area contributed by atoms with E-state index in [1.165, 1.54) is 84.0 Å². The lowest BCUT2D eigenvalue weighted by Crippen LogP contribution is -2.48. The molecule has 0 aromatic rings. The maximum absolute atomic E-state index is 2.89. The fourth-order valence-electron chi connectivity index (χ4n) is 7.09. The zero-order chi connectivity index (χ0) is 18.1. The number of likely N-dealkylation sites (tertiary alicyclic amines) is 2. The standard InChI is InChI=1S/C24H44N2/c1-18(2)25-12-11-22-15-20(8-9-24(22)16-25)14-19(3)26-13-10-21-6-4-5-7-23(21)17-26/h18-24H,4-17H2,1-3H3/t19?,20?,21-,22?,23-,24?/m0/s1. The Morgan fingerprint density at radius 1 is 0.692 bits per heavy atom. The molecule has 4 aliphatic rings. The van der Waals surface area contributed by atoms with Gasteiger partial charge in [-0.25, -0.2) is 0 Å². The minimum atomic E-state index is 0.747. The van der Waals surface area contributed by atoms with Gasteiger partial charge in [-0.3, -0.25) is 0 Å². The van der Waals surface area contributed by atoms with Crippen LogP contribution >= 0.6 is 0 Å². The SMILES string of the molecule is CC(C)N1CCC2CC(CC(C)N3CC[C@@H]4CCCC[C@H]4C3)CCC2C1. The minimum Gasteiger partial charge on any atom is -0.301 e. The van der Waals surface area contributed by atoms with Gasteiger partial charge in [0.25, 0.3) is 0 Å². The van der Waals surface area contributed by atoms with E-state index in [4.69, 9.17) is 0 Å². The summed E-state index contributed by atoms with van der Waals surface area (Å²) in [6, 6.07) is 1.58. The Labute approximate surface area is 163 Å². The molecule has 150 valence electrons. The summed E-state index contributed by atoms with van der Waals surface area (Å²) < 4.78 is 0. The molecule has 0 bridgehead atoms. The molecule has 4 rings (SSSR count). The first-order valence-electron chi connectivity index (χ1n) is 12.1. The van der Waals surface area contributed by atoms with Crippen molar-refractivity contribution in [3.05, 3.63) is 0 Å². The largest absolute Gasteiger partial charge is 0.301 e. The van der Waals surface area contributed by atoms with Crippen molar-refractivity contribution in [3.63, 3.8) is 0 Å². The van der Waals surface area contributed by atoms with Gasteiger partial charge in [0.05, 0.1) is 0 Å². The summed E-state index contributed by atoms with van der Waals surface area (Å²) in [6.07, 6.45) is 15.1. The van der Waals surface area contributed by atoms with Crippen LogP contribution in [0.1, 0.15) is 85.0 Å². The quantitative estimate of drug-likeness (QED) is 0.660. The molecule has 6 atom stereocenters. The molecule has 2 nitrogen and oxygen atoms in total. The van der Waals surface area contributed by atoms with Gasteiger partial charge in [-0.15, -0.1) is 0 Å². The van der Waals surface area contributed by atoms with Crippen LogP contribution < -0.4 is 0 Å². The van der Waals surface area contributed by atoms with Gasteiger partial charge in [0.2, 0.25) is 0 Å². The number of fused-ring (bicyclic) bond motifs is 2. The Hall–Kier alpha value is -0.0800. The topological polar surface area (TPSA) is 6.48 Å². The van der Waals surface area contributed by atoms with Crippen LogP contribution in [0.2, 0.25) is 0 Å². The lowest BCUT2D eigenvalue weighted by Gasteiger charge is -2.47. The van der Waals surface area contributed by atoms with Crippen molar-refractivity contribution in [3.8, 4) is 0 Å². The first-order chi connectivity index (χ1) is 12.6. The van der Waals surface area contributed by atoms with Gasteiger partial charge in [-0.05, 0) is 102 Å². The zero-order valence-electron chi connectivity index (χ0n) is 17.8. The van der Waals surface area contributed by atoms with Gasteiger partial charge in [0.1, 0.15) is 0 Å². The maximum atomic E-state index is 2.89. The molecular formula is C24H44N2. The van der Waals surface area contributed by atoms with Crippen LogP contribution in [0.25, 0.3) is 0 Å². The lowest BCUT2D eigenvalue weighted by molar-refractivity contribution is 0.0270. The van der Waals surface area contributed by atoms with Crippen molar-refractivity contribution in [2.45, 2.75) is 97.1 Å². The molecule has 2 saturated heterocycles. The normalized spacial score (nSPS) is 40.8. The number of rotatable bonds is 4. The summed E-state index contributed by atoms with van der Waals surface area (Å²) in [7, 11) is 0. The van der Waals surface area contributed by atoms with E-state index < -0.39 is 0 Å². The molecule has 4 fully saturated rings.